The largest absolute Gasteiger partial charge is 0.496 e. The minimum Gasteiger partial charge on any atom is -0.496 e. The fourth-order valence-corrected chi connectivity index (χ4v) is 2.55. The molecule has 0 spiro atoms. The maximum absolute atomic E-state index is 11.1. The lowest BCUT2D eigenvalue weighted by molar-refractivity contribution is -0.140. The smallest absolute Gasteiger partial charge is 0.305 e. The fourth-order valence-electron chi connectivity index (χ4n) is 2.06. The number of hydrogen-bond acceptors (Lipinski definition) is 5. The molecule has 0 bridgehead atoms. The van der Waals surface area contributed by atoms with Gasteiger partial charge in [0.1, 0.15) is 11.5 Å². The van der Waals surface area contributed by atoms with Crippen molar-refractivity contribution in [3.8, 4) is 11.5 Å². The van der Waals surface area contributed by atoms with Crippen molar-refractivity contribution in [2.24, 2.45) is 5.73 Å². The Morgan fingerprint density at radius 1 is 1.19 bits per heavy atom. The van der Waals surface area contributed by atoms with E-state index in [1.54, 1.807) is 14.2 Å². The SMILES string of the molecule is COC(=O)CCCCC(N)c1cc(OC)c(Br)cc1OC. The molecule has 0 fully saturated rings. The number of nitrogens with two attached hydrogens (primary N) is 1. The number of methoxy groups -OCH3 is 3. The molecule has 0 radical (unpaired) electrons. The van der Waals surface area contributed by atoms with Crippen LogP contribution in [0.25, 0.3) is 0 Å². The molecule has 118 valence electrons. The second kappa shape index (κ2) is 8.89. The van der Waals surface area contributed by atoms with E-state index in [0.29, 0.717) is 6.42 Å². The van der Waals surface area contributed by atoms with Gasteiger partial charge >= 0.3 is 5.97 Å². The van der Waals surface area contributed by atoms with E-state index >= 15 is 0 Å². The van der Waals surface area contributed by atoms with Crippen molar-refractivity contribution in [1.29, 1.82) is 0 Å². The summed E-state index contributed by atoms with van der Waals surface area (Å²) in [6, 6.07) is 3.57. The number of benzene rings is 1. The third-order valence-corrected chi connectivity index (χ3v) is 3.90. The van der Waals surface area contributed by atoms with Gasteiger partial charge in [-0.25, -0.2) is 0 Å². The molecule has 21 heavy (non-hydrogen) atoms. The average molecular weight is 360 g/mol. The highest BCUT2D eigenvalue weighted by Crippen LogP contribution is 2.36. The van der Waals surface area contributed by atoms with E-state index in [-0.39, 0.29) is 12.0 Å². The van der Waals surface area contributed by atoms with Gasteiger partial charge in [-0.15, -0.1) is 0 Å². The van der Waals surface area contributed by atoms with Crippen LogP contribution in [0.2, 0.25) is 0 Å². The maximum Gasteiger partial charge on any atom is 0.305 e. The molecule has 1 unspecified atom stereocenters. The Hall–Kier alpha value is -1.27. The lowest BCUT2D eigenvalue weighted by Crippen LogP contribution is -2.12. The number of halogens is 1. The van der Waals surface area contributed by atoms with E-state index < -0.39 is 0 Å². The highest BCUT2D eigenvalue weighted by molar-refractivity contribution is 9.10. The van der Waals surface area contributed by atoms with E-state index in [9.17, 15) is 4.79 Å². The molecule has 0 aliphatic heterocycles. The fraction of sp³-hybridized carbons (Fsp3) is 0.533. The van der Waals surface area contributed by atoms with Crippen LogP contribution in [0.4, 0.5) is 0 Å². The summed E-state index contributed by atoms with van der Waals surface area (Å²) in [6.07, 6.45) is 2.79. The van der Waals surface area contributed by atoms with Crippen LogP contribution in [0.15, 0.2) is 16.6 Å². The first-order chi connectivity index (χ1) is 10.0. The Morgan fingerprint density at radius 3 is 2.43 bits per heavy atom. The zero-order valence-corrected chi connectivity index (χ0v) is 14.2. The lowest BCUT2D eigenvalue weighted by atomic mass is 10.00. The molecule has 1 aromatic carbocycles. The molecular weight excluding hydrogens is 338 g/mol. The molecule has 0 heterocycles. The van der Waals surface area contributed by atoms with Gasteiger partial charge in [0, 0.05) is 18.0 Å². The number of carbonyl (C=O) groups excluding carboxylic acids is 1. The summed E-state index contributed by atoms with van der Waals surface area (Å²) in [7, 11) is 4.62. The third kappa shape index (κ3) is 5.21. The molecule has 1 atom stereocenters. The summed E-state index contributed by atoms with van der Waals surface area (Å²) in [6.45, 7) is 0. The van der Waals surface area contributed by atoms with Gasteiger partial charge in [-0.1, -0.05) is 6.42 Å². The second-order valence-electron chi connectivity index (χ2n) is 4.66. The monoisotopic (exact) mass is 359 g/mol. The zero-order chi connectivity index (χ0) is 15.8. The first-order valence-electron chi connectivity index (χ1n) is 6.77. The van der Waals surface area contributed by atoms with Gasteiger partial charge in [-0.3, -0.25) is 4.79 Å². The number of unbranched alkanes of at least 4 members (excludes halogenated alkanes) is 1. The van der Waals surface area contributed by atoms with Gasteiger partial charge in [0.25, 0.3) is 0 Å². The van der Waals surface area contributed by atoms with Crippen LogP contribution in [-0.4, -0.2) is 27.3 Å². The van der Waals surface area contributed by atoms with Crippen LogP contribution in [0, 0.1) is 0 Å². The molecule has 6 heteroatoms. The number of esters is 1. The highest BCUT2D eigenvalue weighted by atomic mass is 79.9. The van der Waals surface area contributed by atoms with Crippen molar-refractivity contribution in [2.45, 2.75) is 31.7 Å². The van der Waals surface area contributed by atoms with Crippen LogP contribution in [0.5, 0.6) is 11.5 Å². The highest BCUT2D eigenvalue weighted by Gasteiger charge is 2.15. The van der Waals surface area contributed by atoms with Crippen LogP contribution in [0.1, 0.15) is 37.3 Å². The van der Waals surface area contributed by atoms with Gasteiger partial charge < -0.3 is 19.9 Å². The minimum absolute atomic E-state index is 0.167. The summed E-state index contributed by atoms with van der Waals surface area (Å²) in [4.78, 5) is 11.1. The van der Waals surface area contributed by atoms with Gasteiger partial charge in [0.15, 0.2) is 0 Å². The Kier molecular flexibility index (Phi) is 7.53. The molecule has 0 saturated carbocycles. The van der Waals surface area contributed by atoms with Gasteiger partial charge in [-0.05, 0) is 40.9 Å². The molecule has 0 saturated heterocycles. The van der Waals surface area contributed by atoms with Gasteiger partial charge in [0.2, 0.25) is 0 Å². The quantitative estimate of drug-likeness (QED) is 0.569. The standard InChI is InChI=1S/C15H22BrNO4/c1-19-13-9-11(16)14(20-2)8-10(13)12(17)6-4-5-7-15(18)21-3/h8-9,12H,4-7,17H2,1-3H3. The first kappa shape index (κ1) is 17.8. The molecule has 2 N–H and O–H groups in total. The first-order valence-corrected chi connectivity index (χ1v) is 7.56. The molecule has 5 nitrogen and oxygen atoms in total. The van der Waals surface area contributed by atoms with Crippen molar-refractivity contribution >= 4 is 21.9 Å². The van der Waals surface area contributed by atoms with Crippen LogP contribution < -0.4 is 15.2 Å². The third-order valence-electron chi connectivity index (χ3n) is 3.28. The second-order valence-corrected chi connectivity index (χ2v) is 5.51. The molecule has 0 amide bonds. The zero-order valence-electron chi connectivity index (χ0n) is 12.6. The Balaban J connectivity index is 2.68. The average Bonchev–Trinajstić information content (AvgIpc) is 2.50. The van der Waals surface area contributed by atoms with E-state index in [2.05, 4.69) is 20.7 Å². The Morgan fingerprint density at radius 2 is 1.86 bits per heavy atom. The molecular formula is C15H22BrNO4. The summed E-state index contributed by atoms with van der Waals surface area (Å²) in [5.41, 5.74) is 7.13. The van der Waals surface area contributed by atoms with E-state index in [4.69, 9.17) is 15.2 Å². The number of carbonyl (C=O) groups is 1. The Labute approximate surface area is 133 Å². The van der Waals surface area contributed by atoms with Crippen LogP contribution in [0.3, 0.4) is 0 Å². The topological polar surface area (TPSA) is 70.8 Å². The lowest BCUT2D eigenvalue weighted by Gasteiger charge is -2.17. The minimum atomic E-state index is -0.188. The molecule has 0 aliphatic carbocycles. The van der Waals surface area contributed by atoms with E-state index in [1.165, 1.54) is 7.11 Å². The number of ether oxygens (including phenoxy) is 3. The van der Waals surface area contributed by atoms with Gasteiger partial charge in [0.05, 0.1) is 25.8 Å². The number of rotatable bonds is 8. The maximum atomic E-state index is 11.1. The van der Waals surface area contributed by atoms with Crippen LogP contribution in [-0.2, 0) is 9.53 Å². The van der Waals surface area contributed by atoms with E-state index in [0.717, 1.165) is 40.8 Å². The normalized spacial score (nSPS) is 11.9. The van der Waals surface area contributed by atoms with Crippen molar-refractivity contribution in [3.05, 3.63) is 22.2 Å². The van der Waals surface area contributed by atoms with Crippen LogP contribution >= 0.6 is 15.9 Å². The summed E-state index contributed by atoms with van der Waals surface area (Å²) in [5, 5.41) is 0. The Bertz CT molecular complexity index is 479. The summed E-state index contributed by atoms with van der Waals surface area (Å²) < 4.78 is 16.1. The molecule has 0 aliphatic rings. The molecule has 1 aromatic rings. The summed E-state index contributed by atoms with van der Waals surface area (Å²) in [5.74, 6) is 1.26. The van der Waals surface area contributed by atoms with Crippen molar-refractivity contribution < 1.29 is 19.0 Å². The number of hydrogen-bond donors (Lipinski definition) is 1. The predicted octanol–water partition coefficient (Wildman–Crippen LogP) is 3.20. The predicted molar refractivity (Wildman–Crippen MR) is 84.7 cm³/mol. The summed E-state index contributed by atoms with van der Waals surface area (Å²) >= 11 is 3.42. The molecule has 1 rings (SSSR count). The van der Waals surface area contributed by atoms with E-state index in [1.807, 2.05) is 12.1 Å². The molecule has 0 aromatic heterocycles. The van der Waals surface area contributed by atoms with Gasteiger partial charge in [-0.2, -0.15) is 0 Å². The van der Waals surface area contributed by atoms with Crippen molar-refractivity contribution in [1.82, 2.24) is 0 Å². The van der Waals surface area contributed by atoms with Crippen molar-refractivity contribution in [3.63, 3.8) is 0 Å². The van der Waals surface area contributed by atoms with Crippen molar-refractivity contribution in [2.75, 3.05) is 21.3 Å².